The number of aryl methyl sites for hydroxylation is 1. The van der Waals surface area contributed by atoms with Gasteiger partial charge in [0.15, 0.2) is 5.78 Å². The van der Waals surface area contributed by atoms with Gasteiger partial charge in [0.25, 0.3) is 0 Å². The van der Waals surface area contributed by atoms with E-state index in [1.165, 1.54) is 0 Å². The number of benzene rings is 2. The Morgan fingerprint density at radius 1 is 1.18 bits per heavy atom. The number of hydrogen-bond donors (Lipinski definition) is 2. The summed E-state index contributed by atoms with van der Waals surface area (Å²) in [5, 5.41) is 6.15. The third-order valence-corrected chi connectivity index (χ3v) is 6.76. The molecule has 0 aliphatic carbocycles. The second-order valence-electron chi connectivity index (χ2n) is 9.02. The van der Waals surface area contributed by atoms with Crippen molar-refractivity contribution < 1.29 is 14.4 Å². The molecular weight excluding hydrogens is 424 g/mol. The smallest absolute Gasteiger partial charge is 0.220 e. The van der Waals surface area contributed by atoms with Gasteiger partial charge in [0.2, 0.25) is 5.91 Å². The number of carbonyl (C=O) groups is 3. The van der Waals surface area contributed by atoms with Gasteiger partial charge in [-0.3, -0.25) is 14.4 Å². The van der Waals surface area contributed by atoms with Crippen LogP contribution < -0.4 is 10.6 Å². The molecule has 0 radical (unpaired) electrons. The zero-order chi connectivity index (χ0) is 24.5. The first-order valence-electron chi connectivity index (χ1n) is 12.3. The SMILES string of the molecule is C/C=C(/C(=O)CNC(=O)CCc1ccc2c(c1)CC(CC)C(=O)CCN2)[C@H](C)c1ccccc1. The van der Waals surface area contributed by atoms with Gasteiger partial charge < -0.3 is 10.6 Å². The minimum atomic E-state index is -0.136. The molecule has 2 aromatic rings. The minimum Gasteiger partial charge on any atom is -0.384 e. The zero-order valence-corrected chi connectivity index (χ0v) is 20.5. The third kappa shape index (κ3) is 6.66. The fraction of sp³-hybridized carbons (Fsp3) is 0.414. The Morgan fingerprint density at radius 3 is 2.65 bits per heavy atom. The summed E-state index contributed by atoms with van der Waals surface area (Å²) in [4.78, 5) is 37.5. The van der Waals surface area contributed by atoms with Crippen LogP contribution in [0.25, 0.3) is 0 Å². The summed E-state index contributed by atoms with van der Waals surface area (Å²) in [6.07, 6.45) is 4.89. The number of Topliss-reactive ketones (excluding diaryl/α,β-unsaturated/α-hetero) is 2. The van der Waals surface area contributed by atoms with Crippen LogP contribution in [0.5, 0.6) is 0 Å². The van der Waals surface area contributed by atoms with E-state index in [0.29, 0.717) is 37.2 Å². The maximum atomic E-state index is 12.8. The van der Waals surface area contributed by atoms with E-state index in [-0.39, 0.29) is 30.1 Å². The van der Waals surface area contributed by atoms with Gasteiger partial charge in [0, 0.05) is 36.9 Å². The summed E-state index contributed by atoms with van der Waals surface area (Å²) in [5.41, 5.74) is 5.07. The number of rotatable bonds is 9. The minimum absolute atomic E-state index is 0.00405. The maximum Gasteiger partial charge on any atom is 0.220 e. The molecule has 1 amide bonds. The highest BCUT2D eigenvalue weighted by Crippen LogP contribution is 2.26. The van der Waals surface area contributed by atoms with Crippen molar-refractivity contribution in [3.8, 4) is 0 Å². The van der Waals surface area contributed by atoms with Crippen molar-refractivity contribution in [1.82, 2.24) is 5.32 Å². The molecule has 3 rings (SSSR count). The summed E-state index contributed by atoms with van der Waals surface area (Å²) in [5.74, 6) is 0.158. The van der Waals surface area contributed by atoms with Crippen LogP contribution in [0.2, 0.25) is 0 Å². The Hall–Kier alpha value is -3.21. The highest BCUT2D eigenvalue weighted by atomic mass is 16.2. The fourth-order valence-electron chi connectivity index (χ4n) is 4.62. The molecule has 0 fully saturated rings. The molecule has 1 heterocycles. The molecule has 2 atom stereocenters. The van der Waals surface area contributed by atoms with Crippen LogP contribution in [-0.2, 0) is 27.2 Å². The van der Waals surface area contributed by atoms with Crippen molar-refractivity contribution >= 4 is 23.2 Å². The van der Waals surface area contributed by atoms with Gasteiger partial charge in [0.05, 0.1) is 6.54 Å². The molecule has 0 saturated heterocycles. The van der Waals surface area contributed by atoms with Crippen molar-refractivity contribution in [2.45, 2.75) is 58.8 Å². The second-order valence-corrected chi connectivity index (χ2v) is 9.02. The van der Waals surface area contributed by atoms with E-state index in [2.05, 4.69) is 29.7 Å². The standard InChI is InChI=1S/C29H36N2O3/c1-4-22-18-24-17-21(11-13-26(24)30-16-15-27(22)32)12-14-29(34)31-19-28(33)25(5-2)20(3)23-9-7-6-8-10-23/h5-11,13,17,20,22,30H,4,12,14-16,18-19H2,1-3H3,(H,31,34)/b25-5+/t20-,22?/m1/s1. The van der Waals surface area contributed by atoms with Gasteiger partial charge in [-0.1, -0.05) is 62.4 Å². The van der Waals surface area contributed by atoms with E-state index in [9.17, 15) is 14.4 Å². The van der Waals surface area contributed by atoms with Crippen LogP contribution in [0, 0.1) is 5.92 Å². The predicted octanol–water partition coefficient (Wildman–Crippen LogP) is 5.01. The predicted molar refractivity (Wildman–Crippen MR) is 137 cm³/mol. The summed E-state index contributed by atoms with van der Waals surface area (Å²) < 4.78 is 0. The van der Waals surface area contributed by atoms with Crippen LogP contribution in [0.15, 0.2) is 60.2 Å². The zero-order valence-electron chi connectivity index (χ0n) is 20.5. The molecular formula is C29H36N2O3. The summed E-state index contributed by atoms with van der Waals surface area (Å²) in [6.45, 7) is 6.60. The number of allylic oxidation sites excluding steroid dienone is 1. The van der Waals surface area contributed by atoms with E-state index < -0.39 is 0 Å². The normalized spacial score (nSPS) is 17.1. The van der Waals surface area contributed by atoms with Crippen molar-refractivity contribution in [2.75, 3.05) is 18.4 Å². The molecule has 0 spiro atoms. The molecule has 5 nitrogen and oxygen atoms in total. The molecule has 34 heavy (non-hydrogen) atoms. The quantitative estimate of drug-likeness (QED) is 0.516. The first kappa shape index (κ1) is 25.4. The Morgan fingerprint density at radius 2 is 1.94 bits per heavy atom. The van der Waals surface area contributed by atoms with Crippen LogP contribution in [0.1, 0.15) is 62.6 Å². The van der Waals surface area contributed by atoms with Crippen LogP contribution in [0.4, 0.5) is 5.69 Å². The van der Waals surface area contributed by atoms with E-state index in [0.717, 1.165) is 35.2 Å². The summed E-state index contributed by atoms with van der Waals surface area (Å²) >= 11 is 0. The molecule has 0 saturated carbocycles. The Labute approximate surface area is 203 Å². The largest absolute Gasteiger partial charge is 0.384 e. The average molecular weight is 461 g/mol. The number of carbonyl (C=O) groups excluding carboxylic acids is 3. The van der Waals surface area contributed by atoms with Crippen LogP contribution in [0.3, 0.4) is 0 Å². The van der Waals surface area contributed by atoms with Gasteiger partial charge in [0.1, 0.15) is 5.78 Å². The van der Waals surface area contributed by atoms with Crippen molar-refractivity contribution in [3.63, 3.8) is 0 Å². The van der Waals surface area contributed by atoms with Gasteiger partial charge in [-0.2, -0.15) is 0 Å². The number of hydrogen-bond acceptors (Lipinski definition) is 4. The van der Waals surface area contributed by atoms with E-state index in [1.54, 1.807) is 0 Å². The first-order chi connectivity index (χ1) is 16.4. The number of fused-ring (bicyclic) bond motifs is 1. The second kappa shape index (κ2) is 12.3. The Kier molecular flexibility index (Phi) is 9.20. The number of anilines is 1. The lowest BCUT2D eigenvalue weighted by atomic mass is 9.88. The van der Waals surface area contributed by atoms with Crippen molar-refractivity contribution in [1.29, 1.82) is 0 Å². The monoisotopic (exact) mass is 460 g/mol. The lowest BCUT2D eigenvalue weighted by molar-refractivity contribution is -0.124. The molecule has 0 aromatic heterocycles. The van der Waals surface area contributed by atoms with E-state index >= 15 is 0 Å². The first-order valence-corrected chi connectivity index (χ1v) is 12.3. The summed E-state index contributed by atoms with van der Waals surface area (Å²) in [7, 11) is 0. The lowest BCUT2D eigenvalue weighted by Gasteiger charge is -2.22. The molecule has 1 aliphatic rings. The van der Waals surface area contributed by atoms with E-state index in [4.69, 9.17) is 0 Å². The van der Waals surface area contributed by atoms with Crippen LogP contribution >= 0.6 is 0 Å². The van der Waals surface area contributed by atoms with Crippen LogP contribution in [-0.4, -0.2) is 30.6 Å². The topological polar surface area (TPSA) is 75.3 Å². The van der Waals surface area contributed by atoms with Gasteiger partial charge >= 0.3 is 0 Å². The third-order valence-electron chi connectivity index (χ3n) is 6.76. The molecule has 180 valence electrons. The number of nitrogens with one attached hydrogen (secondary N) is 2. The number of amides is 1. The Balaban J connectivity index is 1.54. The molecule has 1 unspecified atom stereocenters. The maximum absolute atomic E-state index is 12.8. The van der Waals surface area contributed by atoms with Gasteiger partial charge in [-0.05, 0) is 54.5 Å². The highest BCUT2D eigenvalue weighted by Gasteiger charge is 2.21. The fourth-order valence-corrected chi connectivity index (χ4v) is 4.62. The van der Waals surface area contributed by atoms with E-state index in [1.807, 2.05) is 56.3 Å². The molecule has 5 heteroatoms. The Bertz CT molecular complexity index is 1040. The average Bonchev–Trinajstić information content (AvgIpc) is 2.85. The van der Waals surface area contributed by atoms with Crippen molar-refractivity contribution in [2.24, 2.45) is 5.92 Å². The summed E-state index contributed by atoms with van der Waals surface area (Å²) in [6, 6.07) is 16.1. The molecule has 0 bridgehead atoms. The molecule has 2 aromatic carbocycles. The van der Waals surface area contributed by atoms with Gasteiger partial charge in [-0.15, -0.1) is 0 Å². The molecule has 1 aliphatic heterocycles. The molecule has 2 N–H and O–H groups in total. The lowest BCUT2D eigenvalue weighted by Crippen LogP contribution is -2.31. The van der Waals surface area contributed by atoms with Crippen molar-refractivity contribution in [3.05, 3.63) is 76.9 Å². The van der Waals surface area contributed by atoms with Gasteiger partial charge in [-0.25, -0.2) is 0 Å². The highest BCUT2D eigenvalue weighted by molar-refractivity contribution is 5.99. The number of ketones is 2.